The molecule has 140 valence electrons. The number of nitrogens with zero attached hydrogens (tertiary/aromatic N) is 3. The predicted octanol–water partition coefficient (Wildman–Crippen LogP) is 0.995. The molecule has 2 N–H and O–H groups in total. The molecule has 0 aromatic carbocycles. The van der Waals surface area contributed by atoms with Crippen molar-refractivity contribution in [3.8, 4) is 0 Å². The normalized spacial score (nSPS) is 32.0. The Labute approximate surface area is 163 Å². The van der Waals surface area contributed by atoms with E-state index in [0.717, 1.165) is 77.1 Å². The first kappa shape index (κ1) is 20.2. The Kier molecular flexibility index (Phi) is 8.53. The minimum absolute atomic E-state index is 0. The lowest BCUT2D eigenvalue weighted by Crippen LogP contribution is -2.44. The number of morpholine rings is 1. The summed E-state index contributed by atoms with van der Waals surface area (Å²) in [5.41, 5.74) is 0. The fourth-order valence-electron chi connectivity index (χ4n) is 4.13. The summed E-state index contributed by atoms with van der Waals surface area (Å²) in [5.74, 6) is 2.12. The Bertz CT molecular complexity index is 404. The molecule has 2 saturated heterocycles. The van der Waals surface area contributed by atoms with Gasteiger partial charge in [0.25, 0.3) is 0 Å². The van der Waals surface area contributed by atoms with Crippen molar-refractivity contribution in [2.24, 2.45) is 16.8 Å². The van der Waals surface area contributed by atoms with Crippen molar-refractivity contribution in [3.63, 3.8) is 0 Å². The van der Waals surface area contributed by atoms with Gasteiger partial charge in [-0.1, -0.05) is 6.42 Å². The zero-order chi connectivity index (χ0) is 16.1. The minimum atomic E-state index is -0.131. The zero-order valence-corrected chi connectivity index (χ0v) is 17.2. The third kappa shape index (κ3) is 5.44. The van der Waals surface area contributed by atoms with E-state index >= 15 is 0 Å². The largest absolute Gasteiger partial charge is 0.393 e. The van der Waals surface area contributed by atoms with Crippen LogP contribution in [0, 0.1) is 11.8 Å². The summed E-state index contributed by atoms with van der Waals surface area (Å²) in [5, 5.41) is 13.4. The van der Waals surface area contributed by atoms with Crippen molar-refractivity contribution in [3.05, 3.63) is 0 Å². The highest BCUT2D eigenvalue weighted by atomic mass is 127. The molecule has 2 heterocycles. The molecule has 3 aliphatic rings. The zero-order valence-electron chi connectivity index (χ0n) is 14.8. The second-order valence-corrected chi connectivity index (χ2v) is 7.20. The minimum Gasteiger partial charge on any atom is -0.393 e. The van der Waals surface area contributed by atoms with Crippen LogP contribution in [0.25, 0.3) is 0 Å². The van der Waals surface area contributed by atoms with Crippen molar-refractivity contribution >= 4 is 29.9 Å². The molecule has 2 aliphatic heterocycles. The first-order valence-electron chi connectivity index (χ1n) is 9.20. The van der Waals surface area contributed by atoms with E-state index in [1.165, 1.54) is 13.0 Å². The van der Waals surface area contributed by atoms with Gasteiger partial charge < -0.3 is 20.1 Å². The Morgan fingerprint density at radius 1 is 1.21 bits per heavy atom. The lowest BCUT2D eigenvalue weighted by Gasteiger charge is -2.29. The van der Waals surface area contributed by atoms with Crippen LogP contribution in [0.3, 0.4) is 0 Å². The number of aliphatic hydroxyl groups excluding tert-OH is 1. The van der Waals surface area contributed by atoms with Crippen LogP contribution in [0.2, 0.25) is 0 Å². The summed E-state index contributed by atoms with van der Waals surface area (Å²) in [7, 11) is 1.86. The smallest absolute Gasteiger partial charge is 0.193 e. The van der Waals surface area contributed by atoms with Crippen LogP contribution in [-0.2, 0) is 4.74 Å². The van der Waals surface area contributed by atoms with E-state index in [4.69, 9.17) is 4.74 Å². The number of ether oxygens (including phenoxy) is 1. The maximum absolute atomic E-state index is 9.96. The molecule has 3 atom stereocenters. The molecular weight excluding hydrogens is 419 g/mol. The summed E-state index contributed by atoms with van der Waals surface area (Å²) in [6, 6.07) is 0. The number of guanidine groups is 1. The molecule has 1 saturated carbocycles. The number of rotatable bonds is 4. The number of nitrogens with one attached hydrogen (secondary N) is 1. The highest BCUT2D eigenvalue weighted by molar-refractivity contribution is 14.0. The lowest BCUT2D eigenvalue weighted by molar-refractivity contribution is 0.0315. The monoisotopic (exact) mass is 452 g/mol. The van der Waals surface area contributed by atoms with Crippen LogP contribution in [0.15, 0.2) is 4.99 Å². The van der Waals surface area contributed by atoms with Gasteiger partial charge in [-0.05, 0) is 25.2 Å². The van der Waals surface area contributed by atoms with Gasteiger partial charge in [0.15, 0.2) is 5.96 Å². The van der Waals surface area contributed by atoms with E-state index in [2.05, 4.69) is 20.1 Å². The molecule has 1 aliphatic carbocycles. The summed E-state index contributed by atoms with van der Waals surface area (Å²) >= 11 is 0. The third-order valence-electron chi connectivity index (χ3n) is 5.56. The van der Waals surface area contributed by atoms with Crippen LogP contribution >= 0.6 is 24.0 Å². The number of aliphatic imine (C=N–C) groups is 1. The lowest BCUT2D eigenvalue weighted by atomic mass is 10.1. The Morgan fingerprint density at radius 2 is 2.00 bits per heavy atom. The molecule has 0 aromatic heterocycles. The quantitative estimate of drug-likeness (QED) is 0.379. The van der Waals surface area contributed by atoms with Crippen molar-refractivity contribution in [1.82, 2.24) is 15.1 Å². The third-order valence-corrected chi connectivity index (χ3v) is 5.56. The average molecular weight is 452 g/mol. The van der Waals surface area contributed by atoms with Crippen molar-refractivity contribution in [2.45, 2.75) is 31.8 Å². The second-order valence-electron chi connectivity index (χ2n) is 7.20. The number of halogens is 1. The van der Waals surface area contributed by atoms with E-state index < -0.39 is 0 Å². The summed E-state index contributed by atoms with van der Waals surface area (Å²) < 4.78 is 5.43. The van der Waals surface area contributed by atoms with Gasteiger partial charge in [-0.3, -0.25) is 9.89 Å². The number of aliphatic hydroxyl groups is 1. The molecule has 0 radical (unpaired) electrons. The van der Waals surface area contributed by atoms with Gasteiger partial charge >= 0.3 is 0 Å². The van der Waals surface area contributed by atoms with Crippen LogP contribution < -0.4 is 5.32 Å². The van der Waals surface area contributed by atoms with E-state index in [-0.39, 0.29) is 30.1 Å². The van der Waals surface area contributed by atoms with Gasteiger partial charge in [0.2, 0.25) is 0 Å². The highest BCUT2D eigenvalue weighted by Crippen LogP contribution is 2.25. The van der Waals surface area contributed by atoms with E-state index in [1.54, 1.807) is 0 Å². The fourth-order valence-corrected chi connectivity index (χ4v) is 4.13. The van der Waals surface area contributed by atoms with Gasteiger partial charge in [-0.25, -0.2) is 0 Å². The Hall–Kier alpha value is -0.120. The molecule has 6 nitrogen and oxygen atoms in total. The van der Waals surface area contributed by atoms with Gasteiger partial charge in [0.05, 0.1) is 19.3 Å². The van der Waals surface area contributed by atoms with E-state index in [0.29, 0.717) is 5.92 Å². The van der Waals surface area contributed by atoms with Crippen LogP contribution in [0.5, 0.6) is 0 Å². The van der Waals surface area contributed by atoms with Crippen LogP contribution in [0.4, 0.5) is 0 Å². The van der Waals surface area contributed by atoms with Crippen LogP contribution in [0.1, 0.15) is 25.7 Å². The number of likely N-dealkylation sites (tertiary alicyclic amines) is 1. The molecule has 3 fully saturated rings. The van der Waals surface area contributed by atoms with Gasteiger partial charge in [-0.2, -0.15) is 0 Å². The molecule has 0 bridgehead atoms. The SMILES string of the molecule is CN=C(NCC1CCCC1O)N1CCC(CN2CCOCC2)C1.I. The maximum Gasteiger partial charge on any atom is 0.193 e. The first-order valence-corrected chi connectivity index (χ1v) is 9.20. The van der Waals surface area contributed by atoms with Crippen LogP contribution in [-0.4, -0.2) is 86.5 Å². The summed E-state index contributed by atoms with van der Waals surface area (Å²) in [6.07, 6.45) is 4.34. The maximum atomic E-state index is 9.96. The van der Waals surface area contributed by atoms with E-state index in [9.17, 15) is 5.11 Å². The molecule has 0 amide bonds. The fraction of sp³-hybridized carbons (Fsp3) is 0.941. The van der Waals surface area contributed by atoms with Crippen molar-refractivity contribution in [1.29, 1.82) is 0 Å². The molecule has 7 heteroatoms. The predicted molar refractivity (Wildman–Crippen MR) is 107 cm³/mol. The first-order chi connectivity index (χ1) is 11.3. The van der Waals surface area contributed by atoms with Gasteiger partial charge in [0.1, 0.15) is 0 Å². The highest BCUT2D eigenvalue weighted by Gasteiger charge is 2.29. The molecule has 24 heavy (non-hydrogen) atoms. The summed E-state index contributed by atoms with van der Waals surface area (Å²) in [6.45, 7) is 8.10. The van der Waals surface area contributed by atoms with Crippen molar-refractivity contribution < 1.29 is 9.84 Å². The molecular formula is C17H33IN4O2. The molecule has 0 aromatic rings. The second kappa shape index (κ2) is 10.1. The molecule has 3 rings (SSSR count). The standard InChI is InChI=1S/C17H32N4O2.HI/c1-18-17(19-11-15-3-2-4-16(15)22)21-6-5-14(13-21)12-20-7-9-23-10-8-20;/h14-16,22H,2-13H2,1H3,(H,18,19);1H. The Morgan fingerprint density at radius 3 is 2.67 bits per heavy atom. The summed E-state index contributed by atoms with van der Waals surface area (Å²) in [4.78, 5) is 9.37. The topological polar surface area (TPSA) is 60.3 Å². The molecule has 0 spiro atoms. The number of hydrogen-bond acceptors (Lipinski definition) is 4. The van der Waals surface area contributed by atoms with Gasteiger partial charge in [0, 0.05) is 52.2 Å². The van der Waals surface area contributed by atoms with Crippen molar-refractivity contribution in [2.75, 3.05) is 59.5 Å². The number of hydrogen-bond donors (Lipinski definition) is 2. The van der Waals surface area contributed by atoms with E-state index in [1.807, 2.05) is 7.05 Å². The average Bonchev–Trinajstić information content (AvgIpc) is 3.19. The molecule has 3 unspecified atom stereocenters. The van der Waals surface area contributed by atoms with Gasteiger partial charge in [-0.15, -0.1) is 24.0 Å². The Balaban J connectivity index is 0.00000208.